The molecule has 0 radical (unpaired) electrons. The van der Waals surface area contributed by atoms with Crippen molar-refractivity contribution in [2.75, 3.05) is 11.9 Å². The molecule has 1 N–H and O–H groups in total. The van der Waals surface area contributed by atoms with E-state index in [4.69, 9.17) is 9.73 Å². The van der Waals surface area contributed by atoms with Crippen LogP contribution in [0.1, 0.15) is 16.7 Å². The summed E-state index contributed by atoms with van der Waals surface area (Å²) in [6, 6.07) is 22.6. The zero-order chi connectivity index (χ0) is 22.1. The minimum atomic E-state index is -0.136. The summed E-state index contributed by atoms with van der Waals surface area (Å²) in [5.74, 6) is 0.557. The van der Waals surface area contributed by atoms with E-state index < -0.39 is 0 Å². The molecule has 0 unspecified atom stereocenters. The minimum absolute atomic E-state index is 0.0533. The van der Waals surface area contributed by atoms with Gasteiger partial charge in [0.05, 0.1) is 23.6 Å². The van der Waals surface area contributed by atoms with Crippen LogP contribution >= 0.6 is 11.3 Å². The third kappa shape index (κ3) is 4.09. The summed E-state index contributed by atoms with van der Waals surface area (Å²) in [6.07, 6.45) is 0. The van der Waals surface area contributed by atoms with Crippen LogP contribution in [0.4, 0.5) is 11.4 Å². The average Bonchev–Trinajstić information content (AvgIpc) is 3.18. The summed E-state index contributed by atoms with van der Waals surface area (Å²) >= 11 is 1.61. The molecule has 0 saturated carbocycles. The summed E-state index contributed by atoms with van der Waals surface area (Å²) in [5, 5.41) is 5.03. The topological polar surface area (TPSA) is 55.6 Å². The normalized spacial score (nSPS) is 13.4. The Morgan fingerprint density at radius 3 is 2.72 bits per heavy atom. The van der Waals surface area contributed by atoms with Crippen molar-refractivity contribution in [1.29, 1.82) is 0 Å². The van der Waals surface area contributed by atoms with Gasteiger partial charge in [-0.05, 0) is 49.2 Å². The number of nitrogens with one attached hydrogen (secondary N) is 1. The van der Waals surface area contributed by atoms with Gasteiger partial charge in [0.25, 0.3) is 5.91 Å². The second-order valence-electron chi connectivity index (χ2n) is 7.92. The summed E-state index contributed by atoms with van der Waals surface area (Å²) in [6.45, 7) is 4.93. The van der Waals surface area contributed by atoms with Crippen LogP contribution < -0.4 is 14.9 Å². The van der Waals surface area contributed by atoms with Crippen LogP contribution in [0.2, 0.25) is 0 Å². The Kier molecular flexibility index (Phi) is 5.37. The molecule has 160 valence electrons. The van der Waals surface area contributed by atoms with Crippen LogP contribution in [-0.2, 0) is 11.3 Å². The lowest BCUT2D eigenvalue weighted by atomic mass is 10.1. The number of thiazole rings is 1. The molecule has 5 rings (SSSR count). The summed E-state index contributed by atoms with van der Waals surface area (Å²) < 4.78 is 7.75. The number of carbonyl (C=O) groups is 1. The highest BCUT2D eigenvalue weighted by Crippen LogP contribution is 2.33. The Labute approximate surface area is 190 Å². The fourth-order valence-electron chi connectivity index (χ4n) is 3.84. The van der Waals surface area contributed by atoms with E-state index in [1.165, 1.54) is 11.1 Å². The Bertz CT molecular complexity index is 1370. The fraction of sp³-hybridized carbons (Fsp3) is 0.154. The smallest absolute Gasteiger partial charge is 0.262 e. The Balaban J connectivity index is 1.64. The van der Waals surface area contributed by atoms with Crippen molar-refractivity contribution < 1.29 is 9.53 Å². The number of amides is 1. The van der Waals surface area contributed by atoms with Crippen molar-refractivity contribution in [2.24, 2.45) is 4.99 Å². The first-order chi connectivity index (χ1) is 15.6. The quantitative estimate of drug-likeness (QED) is 0.458. The van der Waals surface area contributed by atoms with Crippen molar-refractivity contribution in [3.8, 4) is 17.0 Å². The minimum Gasteiger partial charge on any atom is -0.482 e. The number of anilines is 1. The van der Waals surface area contributed by atoms with E-state index in [1.54, 1.807) is 11.3 Å². The van der Waals surface area contributed by atoms with Gasteiger partial charge in [0.15, 0.2) is 11.4 Å². The largest absolute Gasteiger partial charge is 0.482 e. The van der Waals surface area contributed by atoms with Gasteiger partial charge in [-0.1, -0.05) is 48.0 Å². The molecule has 6 heteroatoms. The number of hydrogen-bond acceptors (Lipinski definition) is 4. The Morgan fingerprint density at radius 2 is 1.91 bits per heavy atom. The molecule has 0 bridgehead atoms. The lowest BCUT2D eigenvalue weighted by molar-refractivity contribution is -0.118. The number of fused-ring (bicyclic) bond motifs is 1. The average molecular weight is 442 g/mol. The van der Waals surface area contributed by atoms with Gasteiger partial charge in [0, 0.05) is 10.9 Å². The van der Waals surface area contributed by atoms with Crippen LogP contribution in [0.25, 0.3) is 11.3 Å². The highest BCUT2D eigenvalue weighted by atomic mass is 32.1. The first-order valence-electron chi connectivity index (χ1n) is 10.5. The number of nitrogens with zero attached hydrogens (tertiary/aromatic N) is 2. The number of aromatic nitrogens is 1. The molecular formula is C26H23N3O2S. The van der Waals surface area contributed by atoms with Gasteiger partial charge in [0.2, 0.25) is 0 Å². The van der Waals surface area contributed by atoms with E-state index >= 15 is 0 Å². The van der Waals surface area contributed by atoms with Crippen LogP contribution in [0, 0.1) is 13.8 Å². The standard InChI is InChI=1S/C26H23N3O2S/c1-17-8-10-21(18(2)12-17)28-26-29(14-19-6-4-3-5-7-19)23(16-32-26)20-9-11-24-22(13-20)27-25(30)15-31-24/h3-13,16H,14-15H2,1-2H3,(H,27,30). The lowest BCUT2D eigenvalue weighted by Gasteiger charge is -2.19. The molecule has 0 spiro atoms. The van der Waals surface area contributed by atoms with Crippen LogP contribution in [0.15, 0.2) is 77.1 Å². The Hall–Kier alpha value is -3.64. The highest BCUT2D eigenvalue weighted by Gasteiger charge is 2.18. The van der Waals surface area contributed by atoms with E-state index in [1.807, 2.05) is 24.3 Å². The number of hydrogen-bond donors (Lipinski definition) is 1. The Morgan fingerprint density at radius 1 is 1.06 bits per heavy atom. The third-order valence-electron chi connectivity index (χ3n) is 5.46. The predicted molar refractivity (Wildman–Crippen MR) is 129 cm³/mol. The van der Waals surface area contributed by atoms with E-state index in [-0.39, 0.29) is 12.5 Å². The van der Waals surface area contributed by atoms with Gasteiger partial charge < -0.3 is 14.6 Å². The van der Waals surface area contributed by atoms with E-state index in [0.29, 0.717) is 18.0 Å². The molecule has 1 aliphatic rings. The summed E-state index contributed by atoms with van der Waals surface area (Å²) in [5.41, 5.74) is 7.29. The van der Waals surface area contributed by atoms with Crippen LogP contribution in [-0.4, -0.2) is 17.1 Å². The molecule has 1 amide bonds. The molecule has 1 aliphatic heterocycles. The number of benzene rings is 3. The highest BCUT2D eigenvalue weighted by molar-refractivity contribution is 7.07. The molecule has 2 heterocycles. The molecule has 1 aromatic heterocycles. The van der Waals surface area contributed by atoms with Gasteiger partial charge >= 0.3 is 0 Å². The molecule has 5 nitrogen and oxygen atoms in total. The third-order valence-corrected chi connectivity index (χ3v) is 6.32. The van der Waals surface area contributed by atoms with Crippen molar-refractivity contribution in [2.45, 2.75) is 20.4 Å². The molecule has 0 atom stereocenters. The number of carbonyl (C=O) groups excluding carboxylic acids is 1. The predicted octanol–water partition coefficient (Wildman–Crippen LogP) is 5.45. The fourth-order valence-corrected chi connectivity index (χ4v) is 4.77. The maximum absolute atomic E-state index is 11.8. The molecule has 0 fully saturated rings. The van der Waals surface area contributed by atoms with Crippen molar-refractivity contribution in [3.63, 3.8) is 0 Å². The lowest BCUT2D eigenvalue weighted by Crippen LogP contribution is -2.25. The van der Waals surface area contributed by atoms with Crippen molar-refractivity contribution in [1.82, 2.24) is 4.57 Å². The zero-order valence-corrected chi connectivity index (χ0v) is 18.8. The second kappa shape index (κ2) is 8.48. The van der Waals surface area contributed by atoms with Crippen molar-refractivity contribution in [3.05, 3.63) is 93.6 Å². The monoisotopic (exact) mass is 441 g/mol. The van der Waals surface area contributed by atoms with E-state index in [0.717, 1.165) is 27.3 Å². The molecule has 3 aromatic carbocycles. The SMILES string of the molecule is Cc1ccc(N=c2scc(-c3ccc4c(c3)NC(=O)CO4)n2Cc2ccccc2)c(C)c1. The van der Waals surface area contributed by atoms with Crippen LogP contribution in [0.3, 0.4) is 0 Å². The number of rotatable bonds is 4. The van der Waals surface area contributed by atoms with Crippen LogP contribution in [0.5, 0.6) is 5.75 Å². The van der Waals surface area contributed by atoms with E-state index in [2.05, 4.69) is 71.6 Å². The van der Waals surface area contributed by atoms with Gasteiger partial charge in [-0.3, -0.25) is 4.79 Å². The number of ether oxygens (including phenoxy) is 1. The summed E-state index contributed by atoms with van der Waals surface area (Å²) in [4.78, 5) is 17.7. The maximum atomic E-state index is 11.8. The van der Waals surface area contributed by atoms with Gasteiger partial charge in [-0.2, -0.15) is 0 Å². The molecule has 0 saturated heterocycles. The zero-order valence-electron chi connectivity index (χ0n) is 18.0. The molecule has 0 aliphatic carbocycles. The first-order valence-corrected chi connectivity index (χ1v) is 11.4. The van der Waals surface area contributed by atoms with E-state index in [9.17, 15) is 4.79 Å². The molecule has 32 heavy (non-hydrogen) atoms. The van der Waals surface area contributed by atoms with Gasteiger partial charge in [-0.25, -0.2) is 4.99 Å². The number of aryl methyl sites for hydroxylation is 2. The second-order valence-corrected chi connectivity index (χ2v) is 8.76. The van der Waals surface area contributed by atoms with Gasteiger partial charge in [-0.15, -0.1) is 11.3 Å². The van der Waals surface area contributed by atoms with Gasteiger partial charge in [0.1, 0.15) is 5.75 Å². The van der Waals surface area contributed by atoms with Crippen molar-refractivity contribution >= 4 is 28.6 Å². The maximum Gasteiger partial charge on any atom is 0.262 e. The molecule has 4 aromatic rings. The molecular weight excluding hydrogens is 418 g/mol. The first kappa shape index (κ1) is 20.3. The summed E-state index contributed by atoms with van der Waals surface area (Å²) in [7, 11) is 0.